The summed E-state index contributed by atoms with van der Waals surface area (Å²) in [6, 6.07) is 29.3. The molecular formula is C32H35OTi. The van der Waals surface area contributed by atoms with Crippen molar-refractivity contribution >= 4 is 12.2 Å². The van der Waals surface area contributed by atoms with Crippen molar-refractivity contribution in [1.29, 1.82) is 0 Å². The minimum atomic E-state index is 0.314. The zero-order valence-corrected chi connectivity index (χ0v) is 22.5. The van der Waals surface area contributed by atoms with E-state index in [9.17, 15) is 0 Å². The van der Waals surface area contributed by atoms with Gasteiger partial charge in [0, 0.05) is 0 Å². The zero-order chi connectivity index (χ0) is 25.0. The first-order valence-corrected chi connectivity index (χ1v) is 12.3. The van der Waals surface area contributed by atoms with E-state index < -0.39 is 0 Å². The Morgan fingerprint density at radius 1 is 0.618 bits per heavy atom. The number of aromatic hydroxyl groups is 1. The van der Waals surface area contributed by atoms with Gasteiger partial charge in [-0.05, 0) is 23.3 Å². The fourth-order valence-electron chi connectivity index (χ4n) is 3.48. The van der Waals surface area contributed by atoms with Crippen molar-refractivity contribution in [3.05, 3.63) is 135 Å². The minimum Gasteiger partial charge on any atom is -0.508 e. The summed E-state index contributed by atoms with van der Waals surface area (Å²) in [5.74, 6) is 0.322. The summed E-state index contributed by atoms with van der Waals surface area (Å²) < 4.78 is 1.53. The maximum atomic E-state index is 8.63. The number of phenolic OH excluding ortho intramolecular Hbond substituents is 1. The number of hydrogen-bond acceptors (Lipinski definition) is 1. The molecule has 0 radical (unpaired) electrons. The molecule has 4 rings (SSSR count). The molecule has 0 aliphatic heterocycles. The summed E-state index contributed by atoms with van der Waals surface area (Å²) in [6.07, 6.45) is 8.31. The summed E-state index contributed by atoms with van der Waals surface area (Å²) in [4.78, 5) is 0. The summed E-state index contributed by atoms with van der Waals surface area (Å²) in [5, 5.41) is 8.63. The van der Waals surface area contributed by atoms with Crippen LogP contribution in [-0.2, 0) is 20.4 Å². The van der Waals surface area contributed by atoms with Gasteiger partial charge in [0.15, 0.2) is 0 Å². The maximum absolute atomic E-state index is 8.63. The molecule has 34 heavy (non-hydrogen) atoms. The average Bonchev–Trinajstić information content (AvgIpc) is 2.99. The molecule has 0 atom stereocenters. The molecular weight excluding hydrogens is 448 g/mol. The Morgan fingerprint density at radius 3 is 1.24 bits per heavy atom. The maximum Gasteiger partial charge on any atom is 0.115 e. The Morgan fingerprint density at radius 2 is 1.00 bits per heavy atom. The van der Waals surface area contributed by atoms with Crippen LogP contribution in [-0.4, -0.2) is 5.11 Å². The summed E-state index contributed by atoms with van der Waals surface area (Å²) in [7, 11) is 0. The van der Waals surface area contributed by atoms with Crippen molar-refractivity contribution in [2.45, 2.75) is 34.6 Å². The number of rotatable bonds is 3. The van der Waals surface area contributed by atoms with E-state index in [0.29, 0.717) is 11.2 Å². The Bertz CT molecular complexity index is 1060. The monoisotopic (exact) mass is 483 g/mol. The van der Waals surface area contributed by atoms with Gasteiger partial charge in [-0.1, -0.05) is 103 Å². The topological polar surface area (TPSA) is 20.2 Å². The van der Waals surface area contributed by atoms with Crippen molar-refractivity contribution in [3.8, 4) is 5.75 Å². The van der Waals surface area contributed by atoms with E-state index in [1.54, 1.807) is 24.3 Å². The van der Waals surface area contributed by atoms with Gasteiger partial charge < -0.3 is 5.11 Å². The fraction of sp³-hybridized carbons (Fsp3) is 0.188. The zero-order valence-electron chi connectivity index (χ0n) is 20.9. The second kappa shape index (κ2) is 13.7. The third kappa shape index (κ3) is 8.48. The van der Waals surface area contributed by atoms with E-state index in [1.165, 1.54) is 31.7 Å². The van der Waals surface area contributed by atoms with Crippen LogP contribution in [0.3, 0.4) is 0 Å². The minimum absolute atomic E-state index is 0.314. The quantitative estimate of drug-likeness (QED) is 0.291. The van der Waals surface area contributed by atoms with Gasteiger partial charge in [-0.2, -0.15) is 0 Å². The first-order valence-electron chi connectivity index (χ1n) is 11.5. The van der Waals surface area contributed by atoms with Gasteiger partial charge in [-0.15, -0.1) is 0 Å². The molecule has 3 aromatic carbocycles. The molecule has 0 amide bonds. The van der Waals surface area contributed by atoms with Crippen LogP contribution in [0.25, 0.3) is 12.2 Å². The van der Waals surface area contributed by atoms with Crippen LogP contribution in [0.2, 0.25) is 0 Å². The summed E-state index contributed by atoms with van der Waals surface area (Å²) in [6.45, 7) is 11.3. The van der Waals surface area contributed by atoms with Crippen LogP contribution in [0, 0.1) is 5.41 Å². The second-order valence-electron chi connectivity index (χ2n) is 8.75. The molecule has 173 valence electrons. The third-order valence-electron chi connectivity index (χ3n) is 6.11. The Hall–Kier alpha value is -2.87. The molecule has 2 heteroatoms. The van der Waals surface area contributed by atoms with Gasteiger partial charge in [0.2, 0.25) is 0 Å². The van der Waals surface area contributed by atoms with Crippen LogP contribution < -0.4 is 0 Å². The van der Waals surface area contributed by atoms with Gasteiger partial charge in [0.25, 0.3) is 0 Å². The first-order chi connectivity index (χ1) is 16.2. The number of hydrogen-bond donors (Lipinski definition) is 1. The number of allylic oxidation sites excluding steroid dienone is 6. The van der Waals surface area contributed by atoms with E-state index in [0.717, 1.165) is 0 Å². The second-order valence-corrected chi connectivity index (χ2v) is 9.53. The number of phenols is 1. The molecule has 0 bridgehead atoms. The van der Waals surface area contributed by atoms with E-state index >= 15 is 0 Å². The molecule has 0 spiro atoms. The van der Waals surface area contributed by atoms with Crippen molar-refractivity contribution < 1.29 is 25.5 Å². The third-order valence-corrected chi connectivity index (χ3v) is 7.67. The van der Waals surface area contributed by atoms with Crippen molar-refractivity contribution in [2.75, 3.05) is 0 Å². The van der Waals surface area contributed by atoms with E-state index in [4.69, 9.17) is 5.11 Å². The SMILES string of the molecule is C(/C=C/c1ccccc1)=C\c1ccccc1.CC1=C(C)C(C)(C)[C]([Ti])=C1C.Oc1ccccc1. The predicted octanol–water partition coefficient (Wildman–Crippen LogP) is 8.99. The molecule has 0 saturated heterocycles. The van der Waals surface area contributed by atoms with Crippen molar-refractivity contribution in [3.63, 3.8) is 0 Å². The van der Waals surface area contributed by atoms with E-state index in [2.05, 4.69) is 104 Å². The standard InChI is InChI=1S/C16H14.C10H15.C6H6O.Ti/c1-3-9-15(10-4-1)13-7-8-14-16-11-5-2-6-12-16;1-7-6-10(4,5)9(3)8(7)2;7-6-4-2-1-3-5-6;/h1-14H;1-5H3;1-5,7H;/b13-7+,14-8+;;;. The molecule has 0 heterocycles. The fourth-order valence-corrected chi connectivity index (χ4v) is 4.07. The number of benzene rings is 3. The van der Waals surface area contributed by atoms with Crippen LogP contribution in [0.15, 0.2) is 124 Å². The van der Waals surface area contributed by atoms with E-state index in [-0.39, 0.29) is 0 Å². The van der Waals surface area contributed by atoms with Crippen LogP contribution in [0.5, 0.6) is 5.75 Å². The van der Waals surface area contributed by atoms with Gasteiger partial charge in [-0.3, -0.25) is 0 Å². The molecule has 0 fully saturated rings. The van der Waals surface area contributed by atoms with Crippen LogP contribution >= 0.6 is 0 Å². The average molecular weight is 483 g/mol. The molecule has 1 N–H and O–H groups in total. The molecule has 0 aromatic heterocycles. The van der Waals surface area contributed by atoms with E-state index in [1.807, 2.05) is 42.5 Å². The van der Waals surface area contributed by atoms with Crippen molar-refractivity contribution in [1.82, 2.24) is 0 Å². The smallest absolute Gasteiger partial charge is 0.115 e. The predicted molar refractivity (Wildman–Crippen MR) is 144 cm³/mol. The summed E-state index contributed by atoms with van der Waals surface area (Å²) in [5.41, 5.74) is 7.28. The van der Waals surface area contributed by atoms with Crippen LogP contribution in [0.4, 0.5) is 0 Å². The molecule has 1 nitrogen and oxygen atoms in total. The van der Waals surface area contributed by atoms with Gasteiger partial charge in [0.1, 0.15) is 5.75 Å². The number of para-hydroxylation sites is 1. The molecule has 0 saturated carbocycles. The van der Waals surface area contributed by atoms with Crippen LogP contribution in [0.1, 0.15) is 45.7 Å². The first kappa shape index (κ1) is 27.4. The van der Waals surface area contributed by atoms with Gasteiger partial charge in [-0.25, -0.2) is 0 Å². The molecule has 1 aliphatic carbocycles. The Labute approximate surface area is 217 Å². The Kier molecular flexibility index (Phi) is 11.1. The summed E-state index contributed by atoms with van der Waals surface area (Å²) >= 11 is 2.25. The van der Waals surface area contributed by atoms with Gasteiger partial charge >= 0.3 is 81.1 Å². The normalized spacial score (nSPS) is 14.6. The molecule has 0 unspecified atom stereocenters. The Balaban J connectivity index is 0.000000196. The largest absolute Gasteiger partial charge is 0.508 e. The molecule has 1 aliphatic rings. The van der Waals surface area contributed by atoms with Gasteiger partial charge in [0.05, 0.1) is 0 Å². The molecule has 3 aromatic rings. The van der Waals surface area contributed by atoms with Crippen molar-refractivity contribution in [2.24, 2.45) is 5.41 Å².